The van der Waals surface area contributed by atoms with Gasteiger partial charge in [0.2, 0.25) is 5.91 Å². The van der Waals surface area contributed by atoms with Gasteiger partial charge in [-0.2, -0.15) is 5.26 Å². The number of amides is 1. The van der Waals surface area contributed by atoms with Gasteiger partial charge in [0.25, 0.3) is 0 Å². The number of benzene rings is 2. The van der Waals surface area contributed by atoms with Crippen molar-refractivity contribution in [1.29, 1.82) is 5.26 Å². The minimum absolute atomic E-state index is 0.0363. The van der Waals surface area contributed by atoms with Crippen molar-refractivity contribution in [1.82, 2.24) is 0 Å². The molecule has 1 amide bonds. The Morgan fingerprint density at radius 3 is 2.17 bits per heavy atom. The Morgan fingerprint density at radius 1 is 1.00 bits per heavy atom. The number of carbonyl (C=O) groups is 3. The molecule has 0 aromatic heterocycles. The quantitative estimate of drug-likeness (QED) is 0.610. The Hall–Kier alpha value is -4.58. The molecule has 35 heavy (non-hydrogen) atoms. The van der Waals surface area contributed by atoms with E-state index in [1.165, 1.54) is 19.1 Å². The number of methoxy groups -OCH3 is 2. The van der Waals surface area contributed by atoms with E-state index in [9.17, 15) is 19.6 Å². The van der Waals surface area contributed by atoms with Crippen LogP contribution >= 0.6 is 0 Å². The standard InChI is InChI=1S/C26H26N4O5/c1-15(2)24(31)29-18-12-8-9-13-19(18)30-22(26(33)35-4)21(25(32)34-3)20(17(14-27)23(30)28)16-10-6-5-7-11-16/h5-13,15,20H,28H2,1-4H3,(H,29,31). The van der Waals surface area contributed by atoms with E-state index in [0.29, 0.717) is 11.3 Å². The molecule has 0 aliphatic carbocycles. The van der Waals surface area contributed by atoms with Gasteiger partial charge in [0.15, 0.2) is 0 Å². The fourth-order valence-electron chi connectivity index (χ4n) is 3.81. The van der Waals surface area contributed by atoms with E-state index >= 15 is 0 Å². The lowest BCUT2D eigenvalue weighted by atomic mass is 9.81. The summed E-state index contributed by atoms with van der Waals surface area (Å²) in [7, 11) is 2.35. The van der Waals surface area contributed by atoms with Crippen molar-refractivity contribution >= 4 is 29.2 Å². The van der Waals surface area contributed by atoms with Gasteiger partial charge in [-0.05, 0) is 17.7 Å². The van der Waals surface area contributed by atoms with Gasteiger partial charge in [-0.3, -0.25) is 9.69 Å². The van der Waals surface area contributed by atoms with Gasteiger partial charge in [-0.25, -0.2) is 9.59 Å². The minimum atomic E-state index is -0.976. The number of ether oxygens (including phenoxy) is 2. The molecule has 2 aromatic carbocycles. The average Bonchev–Trinajstić information content (AvgIpc) is 2.87. The smallest absolute Gasteiger partial charge is 0.355 e. The van der Waals surface area contributed by atoms with Crippen LogP contribution < -0.4 is 16.0 Å². The number of nitriles is 1. The molecule has 1 aliphatic heterocycles. The summed E-state index contributed by atoms with van der Waals surface area (Å²) in [6.45, 7) is 3.47. The summed E-state index contributed by atoms with van der Waals surface area (Å²) in [5, 5.41) is 12.9. The first-order valence-corrected chi connectivity index (χ1v) is 10.8. The lowest BCUT2D eigenvalue weighted by Gasteiger charge is -2.36. The Labute approximate surface area is 203 Å². The minimum Gasteiger partial charge on any atom is -0.466 e. The molecular formula is C26H26N4O5. The number of para-hydroxylation sites is 2. The van der Waals surface area contributed by atoms with Gasteiger partial charge in [-0.1, -0.05) is 56.3 Å². The maximum atomic E-state index is 13.2. The van der Waals surface area contributed by atoms with Gasteiger partial charge >= 0.3 is 11.9 Å². The summed E-state index contributed by atoms with van der Waals surface area (Å²) in [6, 6.07) is 17.4. The molecule has 9 nitrogen and oxygen atoms in total. The highest BCUT2D eigenvalue weighted by molar-refractivity contribution is 6.07. The molecule has 180 valence electrons. The predicted octanol–water partition coefficient (Wildman–Crippen LogP) is 3.18. The van der Waals surface area contributed by atoms with Crippen LogP contribution in [0.2, 0.25) is 0 Å². The lowest BCUT2D eigenvalue weighted by Crippen LogP contribution is -2.41. The zero-order valence-corrected chi connectivity index (χ0v) is 19.9. The summed E-state index contributed by atoms with van der Waals surface area (Å²) in [6.07, 6.45) is 0. The summed E-state index contributed by atoms with van der Waals surface area (Å²) in [4.78, 5) is 40.0. The van der Waals surface area contributed by atoms with E-state index in [0.717, 1.165) is 0 Å². The number of allylic oxidation sites excluding steroid dienone is 1. The van der Waals surface area contributed by atoms with Crippen LogP contribution in [0.4, 0.5) is 11.4 Å². The first kappa shape index (κ1) is 25.1. The maximum absolute atomic E-state index is 13.2. The fourth-order valence-corrected chi connectivity index (χ4v) is 3.81. The first-order chi connectivity index (χ1) is 16.8. The lowest BCUT2D eigenvalue weighted by molar-refractivity contribution is -0.139. The zero-order chi connectivity index (χ0) is 25.7. The highest BCUT2D eigenvalue weighted by atomic mass is 16.5. The number of hydrogen-bond donors (Lipinski definition) is 2. The van der Waals surface area contributed by atoms with E-state index in [1.54, 1.807) is 68.4 Å². The Bertz CT molecular complexity index is 1260. The van der Waals surface area contributed by atoms with Gasteiger partial charge in [0.1, 0.15) is 11.5 Å². The average molecular weight is 475 g/mol. The van der Waals surface area contributed by atoms with E-state index in [-0.39, 0.29) is 40.2 Å². The molecule has 0 bridgehead atoms. The van der Waals surface area contributed by atoms with Crippen molar-refractivity contribution < 1.29 is 23.9 Å². The van der Waals surface area contributed by atoms with Gasteiger partial charge < -0.3 is 20.5 Å². The molecule has 9 heteroatoms. The van der Waals surface area contributed by atoms with Crippen molar-refractivity contribution in [3.8, 4) is 6.07 Å². The number of nitrogens with two attached hydrogens (primary N) is 1. The Kier molecular flexibility index (Phi) is 7.56. The van der Waals surface area contributed by atoms with Crippen LogP contribution in [-0.4, -0.2) is 32.1 Å². The highest BCUT2D eigenvalue weighted by Gasteiger charge is 2.43. The molecule has 1 atom stereocenters. The van der Waals surface area contributed by atoms with Crippen molar-refractivity contribution in [2.24, 2.45) is 11.7 Å². The Balaban J connectivity index is 2.39. The van der Waals surface area contributed by atoms with E-state index < -0.39 is 17.9 Å². The monoisotopic (exact) mass is 474 g/mol. The van der Waals surface area contributed by atoms with Crippen molar-refractivity contribution in [2.75, 3.05) is 24.4 Å². The summed E-state index contributed by atoms with van der Waals surface area (Å²) in [5.41, 5.74) is 7.40. The normalized spacial score (nSPS) is 15.5. The molecule has 1 unspecified atom stereocenters. The van der Waals surface area contributed by atoms with Crippen LogP contribution in [0.15, 0.2) is 77.3 Å². The van der Waals surface area contributed by atoms with Crippen molar-refractivity contribution in [3.05, 3.63) is 82.8 Å². The largest absolute Gasteiger partial charge is 0.466 e. The topological polar surface area (TPSA) is 135 Å². The molecule has 0 saturated heterocycles. The SMILES string of the molecule is COC(=O)C1=C(C(=O)OC)N(c2ccccc2NC(=O)C(C)C)C(N)=C(C#N)C1c1ccccc1. The summed E-state index contributed by atoms with van der Waals surface area (Å²) in [5.74, 6) is -3.34. The molecule has 1 heterocycles. The van der Waals surface area contributed by atoms with E-state index in [1.807, 2.05) is 0 Å². The van der Waals surface area contributed by atoms with Gasteiger partial charge in [0.05, 0.1) is 48.7 Å². The number of esters is 2. The second kappa shape index (κ2) is 10.6. The van der Waals surface area contributed by atoms with Gasteiger partial charge in [0, 0.05) is 5.92 Å². The third-order valence-electron chi connectivity index (χ3n) is 5.54. The number of nitrogens with one attached hydrogen (secondary N) is 1. The molecule has 0 fully saturated rings. The highest BCUT2D eigenvalue weighted by Crippen LogP contribution is 2.44. The third kappa shape index (κ3) is 4.73. The Morgan fingerprint density at radius 2 is 1.60 bits per heavy atom. The first-order valence-electron chi connectivity index (χ1n) is 10.8. The number of hydrogen-bond acceptors (Lipinski definition) is 8. The van der Waals surface area contributed by atoms with E-state index in [4.69, 9.17) is 15.2 Å². The molecule has 1 aliphatic rings. The fraction of sp³-hybridized carbons (Fsp3) is 0.231. The van der Waals surface area contributed by atoms with Crippen LogP contribution in [0.3, 0.4) is 0 Å². The van der Waals surface area contributed by atoms with Crippen molar-refractivity contribution in [3.63, 3.8) is 0 Å². The van der Waals surface area contributed by atoms with Crippen LogP contribution in [0, 0.1) is 17.2 Å². The number of carbonyl (C=O) groups excluding carboxylic acids is 3. The number of nitrogens with zero attached hydrogens (tertiary/aromatic N) is 2. The third-order valence-corrected chi connectivity index (χ3v) is 5.54. The summed E-state index contributed by atoms with van der Waals surface area (Å²) >= 11 is 0. The number of rotatable bonds is 6. The predicted molar refractivity (Wildman–Crippen MR) is 129 cm³/mol. The molecule has 0 saturated carbocycles. The van der Waals surface area contributed by atoms with E-state index in [2.05, 4.69) is 11.4 Å². The second-order valence-corrected chi connectivity index (χ2v) is 8.00. The summed E-state index contributed by atoms with van der Waals surface area (Å²) < 4.78 is 10.1. The van der Waals surface area contributed by atoms with Gasteiger partial charge in [-0.15, -0.1) is 0 Å². The van der Waals surface area contributed by atoms with Crippen molar-refractivity contribution in [2.45, 2.75) is 19.8 Å². The molecular weight excluding hydrogens is 448 g/mol. The molecule has 2 aromatic rings. The molecule has 3 N–H and O–H groups in total. The maximum Gasteiger partial charge on any atom is 0.355 e. The molecule has 0 radical (unpaired) electrons. The van der Waals surface area contributed by atoms with Crippen LogP contribution in [0.5, 0.6) is 0 Å². The van der Waals surface area contributed by atoms with Crippen LogP contribution in [-0.2, 0) is 23.9 Å². The van der Waals surface area contributed by atoms with Crippen LogP contribution in [0.1, 0.15) is 25.3 Å². The molecule has 0 spiro atoms. The zero-order valence-electron chi connectivity index (χ0n) is 19.9. The van der Waals surface area contributed by atoms with Crippen LogP contribution in [0.25, 0.3) is 0 Å². The second-order valence-electron chi connectivity index (χ2n) is 8.00. The number of anilines is 2. The molecule has 3 rings (SSSR count).